The molecule has 2 N–H and O–H groups in total. The number of nitrogens with zero attached hydrogens (tertiary/aromatic N) is 2. The number of aromatic nitrogens is 2. The van der Waals surface area contributed by atoms with Crippen molar-refractivity contribution in [2.75, 3.05) is 13.7 Å². The van der Waals surface area contributed by atoms with Crippen LogP contribution < -0.4 is 5.32 Å². The number of hydrogen-bond donors (Lipinski definition) is 2. The minimum Gasteiger partial charge on any atom is -0.382 e. The number of carbonyl (C=O) groups excluding carboxylic acids is 1. The lowest BCUT2D eigenvalue weighted by Gasteiger charge is -2.39. The Morgan fingerprint density at radius 2 is 1.80 bits per heavy atom. The normalized spacial score (nSPS) is 26.9. The van der Waals surface area contributed by atoms with E-state index in [4.69, 9.17) is 14.5 Å². The van der Waals surface area contributed by atoms with Crippen LogP contribution in [0.25, 0.3) is 43.6 Å². The number of rotatable bonds is 3. The summed E-state index contributed by atoms with van der Waals surface area (Å²) in [4.78, 5) is 23.5. The van der Waals surface area contributed by atoms with Gasteiger partial charge in [-0.25, -0.2) is 9.78 Å². The van der Waals surface area contributed by atoms with Crippen LogP contribution in [0.4, 0.5) is 0 Å². The SMILES string of the molecule is COOCC1(O)CC2OC1(C)n1c3ccccc3c3c4c(c5c6ccccc6n2c5c31)C(=O)NC4. The van der Waals surface area contributed by atoms with E-state index in [1.807, 2.05) is 31.2 Å². The molecule has 2 aromatic heterocycles. The van der Waals surface area contributed by atoms with Crippen LogP contribution in [0.2, 0.25) is 0 Å². The molecule has 3 atom stereocenters. The molecule has 3 aromatic carbocycles. The molecule has 0 radical (unpaired) electrons. The van der Waals surface area contributed by atoms with E-state index in [-0.39, 0.29) is 12.5 Å². The number of amides is 1. The second kappa shape index (κ2) is 6.22. The van der Waals surface area contributed by atoms with E-state index in [9.17, 15) is 9.90 Å². The van der Waals surface area contributed by atoms with Gasteiger partial charge in [-0.3, -0.25) is 4.79 Å². The van der Waals surface area contributed by atoms with Crippen molar-refractivity contribution in [3.05, 3.63) is 59.7 Å². The zero-order valence-corrected chi connectivity index (χ0v) is 19.3. The highest BCUT2D eigenvalue weighted by Crippen LogP contribution is 2.57. The van der Waals surface area contributed by atoms with Crippen LogP contribution in [-0.4, -0.2) is 39.5 Å². The number of nitrogens with one attached hydrogen (secondary N) is 1. The summed E-state index contributed by atoms with van der Waals surface area (Å²) in [6.45, 7) is 2.34. The van der Waals surface area contributed by atoms with Crippen molar-refractivity contribution in [1.29, 1.82) is 0 Å². The minimum atomic E-state index is -1.37. The Kier molecular flexibility index (Phi) is 3.52. The van der Waals surface area contributed by atoms with Crippen molar-refractivity contribution in [2.45, 2.75) is 37.4 Å². The Hall–Kier alpha value is -3.43. The molecule has 2 bridgehead atoms. The second-order valence-electron chi connectivity index (χ2n) is 9.94. The second-order valence-corrected chi connectivity index (χ2v) is 9.94. The molecule has 35 heavy (non-hydrogen) atoms. The molecule has 0 saturated carbocycles. The first-order chi connectivity index (χ1) is 17.0. The van der Waals surface area contributed by atoms with E-state index in [1.54, 1.807) is 0 Å². The fraction of sp³-hybridized carbons (Fsp3) is 0.296. The Morgan fingerprint density at radius 1 is 1.09 bits per heavy atom. The zero-order chi connectivity index (χ0) is 23.7. The van der Waals surface area contributed by atoms with Crippen molar-refractivity contribution in [1.82, 2.24) is 14.5 Å². The summed E-state index contributed by atoms with van der Waals surface area (Å²) in [5.74, 6) is -0.0480. The quantitative estimate of drug-likeness (QED) is 0.307. The van der Waals surface area contributed by atoms with Crippen LogP contribution >= 0.6 is 0 Å². The maximum Gasteiger partial charge on any atom is 0.252 e. The van der Waals surface area contributed by atoms with Crippen molar-refractivity contribution < 1.29 is 24.4 Å². The van der Waals surface area contributed by atoms with Gasteiger partial charge in [-0.05, 0) is 24.6 Å². The summed E-state index contributed by atoms with van der Waals surface area (Å²) in [5, 5.41) is 19.2. The number of benzene rings is 3. The maximum atomic E-state index is 13.2. The molecule has 8 rings (SSSR count). The van der Waals surface area contributed by atoms with Gasteiger partial charge in [0.05, 0.1) is 34.7 Å². The van der Waals surface area contributed by atoms with Crippen LogP contribution in [-0.2, 0) is 26.8 Å². The predicted molar refractivity (Wildman–Crippen MR) is 130 cm³/mol. The molecule has 176 valence electrons. The molecule has 3 unspecified atom stereocenters. The number of aliphatic hydroxyl groups is 1. The van der Waals surface area contributed by atoms with Crippen molar-refractivity contribution in [2.24, 2.45) is 0 Å². The topological polar surface area (TPSA) is 86.9 Å². The van der Waals surface area contributed by atoms with Gasteiger partial charge in [0.2, 0.25) is 0 Å². The average molecular weight is 469 g/mol. The number of carbonyl (C=O) groups is 1. The minimum absolute atomic E-state index is 0.0480. The molecule has 8 nitrogen and oxygen atoms in total. The Balaban J connectivity index is 1.69. The Labute approximate surface area is 199 Å². The van der Waals surface area contributed by atoms with Gasteiger partial charge in [0, 0.05) is 34.5 Å². The molecular weight excluding hydrogens is 446 g/mol. The molecule has 5 aromatic rings. The standard InChI is InChI=1S/C27H23N3O5/c1-26-27(32,13-34-33-2)11-19(35-26)29-17-9-5-3-7-14(17)21-22-16(12-28-25(22)31)20-15-8-4-6-10-18(15)30(26)24(20)23(21)29/h3-10,19,32H,11-13H2,1-2H3,(H,28,31). The third-order valence-corrected chi connectivity index (χ3v) is 8.39. The van der Waals surface area contributed by atoms with Gasteiger partial charge >= 0.3 is 0 Å². The number of hydrogen-bond acceptors (Lipinski definition) is 5. The first kappa shape index (κ1) is 19.8. The number of para-hydroxylation sites is 2. The van der Waals surface area contributed by atoms with E-state index < -0.39 is 17.6 Å². The van der Waals surface area contributed by atoms with Crippen LogP contribution in [0.5, 0.6) is 0 Å². The van der Waals surface area contributed by atoms with Gasteiger partial charge in [0.15, 0.2) is 5.72 Å². The van der Waals surface area contributed by atoms with E-state index in [2.05, 4.69) is 38.7 Å². The molecule has 1 fully saturated rings. The van der Waals surface area contributed by atoms with Crippen LogP contribution in [0.15, 0.2) is 48.5 Å². The molecule has 3 aliphatic heterocycles. The van der Waals surface area contributed by atoms with Gasteiger partial charge < -0.3 is 24.3 Å². The summed E-state index contributed by atoms with van der Waals surface area (Å²) in [5.41, 5.74) is 3.07. The smallest absolute Gasteiger partial charge is 0.252 e. The van der Waals surface area contributed by atoms with E-state index in [1.165, 1.54) is 7.11 Å². The van der Waals surface area contributed by atoms with Crippen LogP contribution in [0, 0.1) is 0 Å². The largest absolute Gasteiger partial charge is 0.382 e. The molecule has 1 amide bonds. The highest BCUT2D eigenvalue weighted by molar-refractivity contribution is 6.31. The molecule has 0 spiro atoms. The lowest BCUT2D eigenvalue weighted by Crippen LogP contribution is -2.53. The first-order valence-corrected chi connectivity index (χ1v) is 11.8. The van der Waals surface area contributed by atoms with Gasteiger partial charge in [0.1, 0.15) is 18.4 Å². The highest BCUT2D eigenvalue weighted by Gasteiger charge is 2.61. The summed E-state index contributed by atoms with van der Waals surface area (Å²) >= 11 is 0. The van der Waals surface area contributed by atoms with Crippen LogP contribution in [0.3, 0.4) is 0 Å². The van der Waals surface area contributed by atoms with E-state index in [0.29, 0.717) is 13.0 Å². The monoisotopic (exact) mass is 469 g/mol. The maximum absolute atomic E-state index is 13.2. The lowest BCUT2D eigenvalue weighted by atomic mass is 9.89. The molecule has 1 saturated heterocycles. The summed E-state index contributed by atoms with van der Waals surface area (Å²) in [7, 11) is 1.44. The fourth-order valence-corrected chi connectivity index (χ4v) is 6.87. The number of fused-ring (bicyclic) bond motifs is 13. The summed E-state index contributed by atoms with van der Waals surface area (Å²) in [6.07, 6.45) is -0.158. The van der Waals surface area contributed by atoms with Crippen molar-refractivity contribution in [3.8, 4) is 0 Å². The predicted octanol–water partition coefficient (Wildman–Crippen LogP) is 4.06. The van der Waals surface area contributed by atoms with Crippen LogP contribution in [0.1, 0.15) is 35.5 Å². The summed E-state index contributed by atoms with van der Waals surface area (Å²) in [6, 6.07) is 16.3. The molecule has 3 aliphatic rings. The third-order valence-electron chi connectivity index (χ3n) is 8.39. The summed E-state index contributed by atoms with van der Waals surface area (Å²) < 4.78 is 11.1. The lowest BCUT2D eigenvalue weighted by molar-refractivity contribution is -0.315. The zero-order valence-electron chi connectivity index (χ0n) is 19.3. The first-order valence-electron chi connectivity index (χ1n) is 11.8. The van der Waals surface area contributed by atoms with Gasteiger partial charge in [-0.2, -0.15) is 0 Å². The Morgan fingerprint density at radius 3 is 2.57 bits per heavy atom. The number of ether oxygens (including phenoxy) is 1. The van der Waals surface area contributed by atoms with Crippen molar-refractivity contribution in [3.63, 3.8) is 0 Å². The molecular formula is C27H23N3O5. The van der Waals surface area contributed by atoms with E-state index >= 15 is 0 Å². The molecule has 8 heteroatoms. The highest BCUT2D eigenvalue weighted by atomic mass is 17.2. The van der Waals surface area contributed by atoms with Gasteiger partial charge in [-0.1, -0.05) is 36.4 Å². The van der Waals surface area contributed by atoms with E-state index in [0.717, 1.165) is 54.7 Å². The fourth-order valence-electron chi connectivity index (χ4n) is 6.87. The van der Waals surface area contributed by atoms with Gasteiger partial charge in [0.25, 0.3) is 5.91 Å². The molecule has 5 heterocycles. The average Bonchev–Trinajstić information content (AvgIpc) is 3.55. The molecule has 0 aliphatic carbocycles. The Bertz CT molecular complexity index is 1770. The van der Waals surface area contributed by atoms with Gasteiger partial charge in [-0.15, -0.1) is 0 Å². The van der Waals surface area contributed by atoms with Crippen molar-refractivity contribution >= 4 is 49.5 Å². The third kappa shape index (κ3) is 2.08.